The van der Waals surface area contributed by atoms with E-state index in [-0.39, 0.29) is 0 Å². The summed E-state index contributed by atoms with van der Waals surface area (Å²) in [5.41, 5.74) is 0. The summed E-state index contributed by atoms with van der Waals surface area (Å²) >= 11 is 0. The van der Waals surface area contributed by atoms with Gasteiger partial charge in [0.1, 0.15) is 42.7 Å². The Labute approximate surface area is 319 Å². The van der Waals surface area contributed by atoms with Crippen molar-refractivity contribution in [1.29, 1.82) is 0 Å². The Balaban J connectivity index is 4.10. The maximum Gasteiger partial charge on any atom is 0.397 e. The molecule has 0 aromatic carbocycles. The van der Waals surface area contributed by atoms with Crippen LogP contribution in [-0.2, 0) is 142 Å². The smallest absolute Gasteiger partial charge is 0.347 e. The molecule has 0 aromatic rings. The van der Waals surface area contributed by atoms with E-state index < -0.39 is 170 Å². The minimum Gasteiger partial charge on any atom is -0.347 e. The minimum atomic E-state index is -6.23. The highest BCUT2D eigenvalue weighted by atomic mass is 32.3. The summed E-state index contributed by atoms with van der Waals surface area (Å²) < 4.78 is 308. The van der Waals surface area contributed by atoms with Gasteiger partial charge in [-0.2, -0.15) is 50.5 Å². The van der Waals surface area contributed by atoms with Crippen LogP contribution in [0.1, 0.15) is 0 Å². The molecule has 9 atom stereocenters. The van der Waals surface area contributed by atoms with Gasteiger partial charge >= 0.3 is 62.4 Å². The lowest BCUT2D eigenvalue weighted by atomic mass is 9.99. The van der Waals surface area contributed by atoms with E-state index in [1.807, 2.05) is 0 Å². The van der Waals surface area contributed by atoms with Gasteiger partial charge in [0, 0.05) is 0 Å². The molecule has 0 aliphatic carbocycles. The molecule has 1 aliphatic rings. The SMILES string of the molecule is O=[SH](=O)O[C@@H]1[C@@H](OS(=O)(=O)O)[C@H](OC[C@H](OS(=O)(=O)O)[C@@H](O[SH](=O)=O)[C@H](OS(=O)(=O)O)[C@@H](COS(=O)(=O)O)OS(=O)(=O)O)O[C@H](COS(=O)(=O)O)[C@H]1O[SH](=O)=O. The van der Waals surface area contributed by atoms with Gasteiger partial charge in [0.25, 0.3) is 33.0 Å². The predicted octanol–water partition coefficient (Wildman–Crippen LogP) is -8.15. The van der Waals surface area contributed by atoms with Crippen molar-refractivity contribution < 1.29 is 150 Å². The lowest BCUT2D eigenvalue weighted by Crippen LogP contribution is -2.62. The van der Waals surface area contributed by atoms with Crippen LogP contribution in [0.25, 0.3) is 0 Å². The lowest BCUT2D eigenvalue weighted by molar-refractivity contribution is -0.290. The first-order valence-corrected chi connectivity index (χ1v) is 24.0. The molecule has 0 radical (unpaired) electrons. The van der Waals surface area contributed by atoms with Gasteiger partial charge in [-0.3, -0.25) is 39.9 Å². The van der Waals surface area contributed by atoms with Crippen LogP contribution in [0, 0.1) is 0 Å². The monoisotopic (exact) mass is 1020 g/mol. The van der Waals surface area contributed by atoms with Crippen LogP contribution >= 0.6 is 0 Å². The molecule has 44 heteroatoms. The van der Waals surface area contributed by atoms with Gasteiger partial charge in [-0.1, -0.05) is 0 Å². The molecule has 0 spiro atoms. The molecule has 0 aromatic heterocycles. The van der Waals surface area contributed by atoms with Gasteiger partial charge in [-0.25, -0.2) is 50.4 Å². The van der Waals surface area contributed by atoms with E-state index in [0.717, 1.165) is 0 Å². The molecule has 1 aliphatic heterocycles. The highest BCUT2D eigenvalue weighted by Crippen LogP contribution is 2.32. The molecule has 0 saturated carbocycles. The van der Waals surface area contributed by atoms with Gasteiger partial charge < -0.3 is 9.47 Å². The normalized spacial score (nSPS) is 24.3. The van der Waals surface area contributed by atoms with Crippen molar-refractivity contribution in [2.24, 2.45) is 0 Å². The third-order valence-electron chi connectivity index (χ3n) is 5.41. The molecule has 1 fully saturated rings. The summed E-state index contributed by atoms with van der Waals surface area (Å²) in [5, 5.41) is 0. The average Bonchev–Trinajstić information content (AvgIpc) is 2.93. The first-order valence-electron chi connectivity index (χ1n) is 12.5. The standard InChI is InChI=1S/C12H24O35S9/c13-48(14)41-7-4(2-38-51(19,20)21)40-12(11(47-56(34,35)36)10(7)43-50(17)18)37-1-5(44-53(25,26)27)8(42-49(15)16)9(46-55(31,32)33)6(45-54(28,29)30)3-39-52(22,23)24/h4-12,48-50H,1-3H2,(H,19,20,21)(H,22,23,24)(H,25,26,27)(H,28,29,30)(H,31,32,33)(H,34,35,36)/t4-,5+,6-,7-,8-,9-,10+,11-,12-/m1/s1. The molecule has 336 valence electrons. The van der Waals surface area contributed by atoms with Gasteiger partial charge in [-0.15, -0.1) is 0 Å². The van der Waals surface area contributed by atoms with Crippen LogP contribution in [0.5, 0.6) is 0 Å². The Kier molecular flexibility index (Phi) is 19.7. The first-order chi connectivity index (χ1) is 25.0. The second-order valence-electron chi connectivity index (χ2n) is 9.28. The zero-order valence-corrected chi connectivity index (χ0v) is 33.2. The molecule has 1 heterocycles. The first kappa shape index (κ1) is 52.9. The Morgan fingerprint density at radius 1 is 0.500 bits per heavy atom. The molecule has 6 N–H and O–H groups in total. The zero-order valence-electron chi connectivity index (χ0n) is 25.6. The highest BCUT2D eigenvalue weighted by molar-refractivity contribution is 7.82. The third-order valence-corrected chi connectivity index (χ3v) is 9.44. The van der Waals surface area contributed by atoms with E-state index in [1.165, 1.54) is 0 Å². The van der Waals surface area contributed by atoms with Crippen molar-refractivity contribution in [3.63, 3.8) is 0 Å². The minimum absolute atomic E-state index is 1.71. The van der Waals surface area contributed by atoms with Gasteiger partial charge in [0.05, 0.1) is 19.8 Å². The van der Waals surface area contributed by atoms with E-state index in [4.69, 9.17) is 23.1 Å². The fraction of sp³-hybridized carbons (Fsp3) is 1.00. The molecular formula is C12H24O35S9. The molecular weight excluding hydrogens is 993 g/mol. The molecule has 56 heavy (non-hydrogen) atoms. The third kappa shape index (κ3) is 22.3. The Morgan fingerprint density at radius 3 is 1.34 bits per heavy atom. The maximum absolute atomic E-state index is 11.8. The van der Waals surface area contributed by atoms with Crippen LogP contribution in [0.3, 0.4) is 0 Å². The summed E-state index contributed by atoms with van der Waals surface area (Å²) in [7, 11) is -49.1. The molecule has 0 unspecified atom stereocenters. The molecule has 1 rings (SSSR count). The summed E-state index contributed by atoms with van der Waals surface area (Å²) in [5.74, 6) is 0. The van der Waals surface area contributed by atoms with Crippen molar-refractivity contribution >= 4 is 95.3 Å². The van der Waals surface area contributed by atoms with Crippen molar-refractivity contribution in [2.45, 2.75) is 55.1 Å². The fourth-order valence-electron chi connectivity index (χ4n) is 3.91. The summed E-state index contributed by atoms with van der Waals surface area (Å²) in [6, 6.07) is 0. The van der Waals surface area contributed by atoms with Gasteiger partial charge in [-0.05, 0) is 0 Å². The Morgan fingerprint density at radius 2 is 0.946 bits per heavy atom. The van der Waals surface area contributed by atoms with E-state index >= 15 is 0 Å². The van der Waals surface area contributed by atoms with Crippen LogP contribution in [-0.4, -0.2) is 178 Å². The Bertz CT molecular complexity index is 2220. The highest BCUT2D eigenvalue weighted by Gasteiger charge is 2.53. The number of hydrogen-bond acceptors (Lipinski definition) is 29. The van der Waals surface area contributed by atoms with Gasteiger partial charge in [0.2, 0.25) is 0 Å². The number of thiol groups is 3. The number of rotatable bonds is 26. The van der Waals surface area contributed by atoms with Crippen molar-refractivity contribution in [3.05, 3.63) is 0 Å². The fourth-order valence-corrected chi connectivity index (χ4v) is 7.82. The molecule has 1 saturated heterocycles. The van der Waals surface area contributed by atoms with Crippen LogP contribution in [0.4, 0.5) is 0 Å². The van der Waals surface area contributed by atoms with E-state index in [2.05, 4.69) is 37.6 Å². The lowest BCUT2D eigenvalue weighted by Gasteiger charge is -2.43. The van der Waals surface area contributed by atoms with Crippen molar-refractivity contribution in [1.82, 2.24) is 0 Å². The molecule has 0 bridgehead atoms. The van der Waals surface area contributed by atoms with Crippen LogP contribution < -0.4 is 0 Å². The van der Waals surface area contributed by atoms with E-state index in [1.54, 1.807) is 0 Å². The topological polar surface area (TPSA) is 530 Å². The maximum atomic E-state index is 11.8. The van der Waals surface area contributed by atoms with Crippen molar-refractivity contribution in [2.75, 3.05) is 19.8 Å². The second kappa shape index (κ2) is 20.9. The quantitative estimate of drug-likeness (QED) is 0.0287. The summed E-state index contributed by atoms with van der Waals surface area (Å²) in [4.78, 5) is 0. The van der Waals surface area contributed by atoms with E-state index in [9.17, 15) is 89.4 Å². The molecule has 0 amide bonds. The predicted molar refractivity (Wildman–Crippen MR) is 161 cm³/mol. The average molecular weight is 1020 g/mol. The summed E-state index contributed by atoms with van der Waals surface area (Å²) in [6.07, 6.45) is -27.7. The van der Waals surface area contributed by atoms with Crippen LogP contribution in [0.2, 0.25) is 0 Å². The van der Waals surface area contributed by atoms with E-state index in [0.29, 0.717) is 0 Å². The molecule has 35 nitrogen and oxygen atoms in total. The van der Waals surface area contributed by atoms with Crippen molar-refractivity contribution in [3.8, 4) is 0 Å². The number of ether oxygens (including phenoxy) is 2. The Hall–Kier alpha value is -1.13. The van der Waals surface area contributed by atoms with Gasteiger partial charge in [0.15, 0.2) is 12.4 Å². The summed E-state index contributed by atoms with van der Waals surface area (Å²) in [6.45, 7) is -5.97. The largest absolute Gasteiger partial charge is 0.397 e. The number of hydrogen-bond donors (Lipinski definition) is 9. The second-order valence-corrected chi connectivity index (χ2v) is 17.6. The van der Waals surface area contributed by atoms with Crippen LogP contribution in [0.15, 0.2) is 0 Å². The zero-order chi connectivity index (χ0) is 43.8.